The average molecular weight is 404 g/mol. The van der Waals surface area contributed by atoms with Gasteiger partial charge in [0.25, 0.3) is 0 Å². The Labute approximate surface area is 173 Å². The molecule has 0 bridgehead atoms. The zero-order chi connectivity index (χ0) is 20.6. The van der Waals surface area contributed by atoms with Crippen molar-refractivity contribution in [2.24, 2.45) is 17.8 Å². The van der Waals surface area contributed by atoms with Gasteiger partial charge in [-0.15, -0.1) is 0 Å². The number of hydrogen-bond donors (Lipinski definition) is 1. The largest absolute Gasteiger partial charge is 0.481 e. The monoisotopic (exact) mass is 403 g/mol. The lowest BCUT2D eigenvalue weighted by molar-refractivity contribution is -0.123. The highest BCUT2D eigenvalue weighted by molar-refractivity contribution is 5.83. The number of ether oxygens (including phenoxy) is 2. The first kappa shape index (κ1) is 20.2. The molecule has 160 valence electrons. The van der Waals surface area contributed by atoms with Crippen molar-refractivity contribution in [1.82, 2.24) is 20.2 Å². The molecule has 0 aliphatic carbocycles. The van der Waals surface area contributed by atoms with Gasteiger partial charge in [0, 0.05) is 44.2 Å². The van der Waals surface area contributed by atoms with E-state index in [9.17, 15) is 4.79 Å². The van der Waals surface area contributed by atoms with Gasteiger partial charge in [0.15, 0.2) is 0 Å². The summed E-state index contributed by atoms with van der Waals surface area (Å²) in [6.45, 7) is 9.18. The van der Waals surface area contributed by atoms with Crippen LogP contribution >= 0.6 is 0 Å². The summed E-state index contributed by atoms with van der Waals surface area (Å²) >= 11 is 0. The maximum Gasteiger partial charge on any atom is 0.231 e. The zero-order valence-electron chi connectivity index (χ0n) is 18.0. The second-order valence-corrected chi connectivity index (χ2v) is 8.83. The summed E-state index contributed by atoms with van der Waals surface area (Å²) < 4.78 is 10.6. The Morgan fingerprint density at radius 2 is 1.86 bits per heavy atom. The molecular formula is C21H33N5O3. The molecule has 0 aromatic carbocycles. The maximum atomic E-state index is 12.7. The molecule has 4 rings (SSSR count). The lowest BCUT2D eigenvalue weighted by Gasteiger charge is -2.42. The normalized spacial score (nSPS) is 27.0. The Morgan fingerprint density at radius 1 is 1.21 bits per heavy atom. The van der Waals surface area contributed by atoms with E-state index in [1.54, 1.807) is 20.3 Å². The van der Waals surface area contributed by atoms with E-state index >= 15 is 0 Å². The van der Waals surface area contributed by atoms with E-state index in [1.807, 2.05) is 0 Å². The van der Waals surface area contributed by atoms with E-state index in [2.05, 4.69) is 38.9 Å². The van der Waals surface area contributed by atoms with Gasteiger partial charge >= 0.3 is 0 Å². The molecule has 3 aliphatic rings. The molecule has 3 atom stereocenters. The molecule has 1 aromatic rings. The number of anilines is 1. The SMILES string of the molecule is CC[C@H](C)CN1C[C@@H]2C(=O)NC3(CCN(c4nc(OC)cc(OC)n4)CC3)[C@@H]2C1. The van der Waals surface area contributed by atoms with Gasteiger partial charge in [-0.1, -0.05) is 20.3 Å². The summed E-state index contributed by atoms with van der Waals surface area (Å²) in [5.41, 5.74) is -0.0919. The fourth-order valence-electron chi connectivity index (χ4n) is 5.20. The molecule has 1 amide bonds. The van der Waals surface area contributed by atoms with E-state index in [0.29, 0.717) is 29.5 Å². The van der Waals surface area contributed by atoms with Crippen LogP contribution < -0.4 is 19.7 Å². The lowest BCUT2D eigenvalue weighted by Crippen LogP contribution is -2.55. The van der Waals surface area contributed by atoms with Crippen molar-refractivity contribution in [3.63, 3.8) is 0 Å². The molecule has 8 heteroatoms. The summed E-state index contributed by atoms with van der Waals surface area (Å²) in [6.07, 6.45) is 3.02. The summed E-state index contributed by atoms with van der Waals surface area (Å²) in [6, 6.07) is 1.68. The average Bonchev–Trinajstić information content (AvgIpc) is 3.27. The van der Waals surface area contributed by atoms with Crippen LogP contribution in [0.2, 0.25) is 0 Å². The van der Waals surface area contributed by atoms with Crippen LogP contribution in [0.3, 0.4) is 0 Å². The Morgan fingerprint density at radius 3 is 2.45 bits per heavy atom. The summed E-state index contributed by atoms with van der Waals surface area (Å²) in [5.74, 6) is 3.09. The van der Waals surface area contributed by atoms with Crippen molar-refractivity contribution in [2.75, 3.05) is 51.8 Å². The Bertz CT molecular complexity index is 728. The van der Waals surface area contributed by atoms with E-state index in [-0.39, 0.29) is 17.4 Å². The third-order valence-corrected chi connectivity index (χ3v) is 7.11. The minimum atomic E-state index is -0.0919. The number of carbonyl (C=O) groups is 1. The van der Waals surface area contributed by atoms with Gasteiger partial charge in [0.1, 0.15) is 0 Å². The standard InChI is InChI=1S/C21H33N5O3/c1-5-14(2)11-25-12-15-16(13-25)21(24-19(15)27)6-8-26(9-7-21)20-22-17(28-3)10-18(23-20)29-4/h10,14-16H,5-9,11-13H2,1-4H3,(H,24,27)/t14-,15-,16+/m0/s1. The second kappa shape index (κ2) is 7.97. The summed E-state index contributed by atoms with van der Waals surface area (Å²) in [7, 11) is 3.19. The van der Waals surface area contributed by atoms with Crippen LogP contribution in [-0.4, -0.2) is 73.3 Å². The fourth-order valence-corrected chi connectivity index (χ4v) is 5.20. The van der Waals surface area contributed by atoms with Crippen LogP contribution in [0, 0.1) is 17.8 Å². The first-order chi connectivity index (χ1) is 14.0. The molecular weight excluding hydrogens is 370 g/mol. The number of carbonyl (C=O) groups excluding carboxylic acids is 1. The maximum absolute atomic E-state index is 12.7. The first-order valence-electron chi connectivity index (χ1n) is 10.7. The Balaban J connectivity index is 1.45. The minimum Gasteiger partial charge on any atom is -0.481 e. The van der Waals surface area contributed by atoms with Gasteiger partial charge < -0.3 is 24.6 Å². The van der Waals surface area contributed by atoms with Crippen LogP contribution in [0.5, 0.6) is 11.8 Å². The summed E-state index contributed by atoms with van der Waals surface area (Å²) in [5, 5.41) is 3.39. The Kier molecular flexibility index (Phi) is 5.55. The highest BCUT2D eigenvalue weighted by atomic mass is 16.5. The molecule has 8 nitrogen and oxygen atoms in total. The number of fused-ring (bicyclic) bond motifs is 2. The van der Waals surface area contributed by atoms with Crippen LogP contribution in [-0.2, 0) is 4.79 Å². The number of nitrogens with zero attached hydrogens (tertiary/aromatic N) is 4. The van der Waals surface area contributed by atoms with Crippen LogP contribution in [0.1, 0.15) is 33.1 Å². The molecule has 1 aromatic heterocycles. The number of rotatable bonds is 6. The number of nitrogens with one attached hydrogen (secondary N) is 1. The molecule has 29 heavy (non-hydrogen) atoms. The molecule has 3 saturated heterocycles. The highest BCUT2D eigenvalue weighted by Crippen LogP contribution is 2.44. The van der Waals surface area contributed by atoms with Gasteiger partial charge in [-0.05, 0) is 18.8 Å². The third kappa shape index (κ3) is 3.74. The summed E-state index contributed by atoms with van der Waals surface area (Å²) in [4.78, 5) is 26.4. The zero-order valence-corrected chi connectivity index (χ0v) is 18.0. The van der Waals surface area contributed by atoms with Crippen molar-refractivity contribution >= 4 is 11.9 Å². The second-order valence-electron chi connectivity index (χ2n) is 8.83. The molecule has 3 aliphatic heterocycles. The molecule has 1 spiro atoms. The van der Waals surface area contributed by atoms with Crippen molar-refractivity contribution < 1.29 is 14.3 Å². The number of piperidine rings is 1. The van der Waals surface area contributed by atoms with Gasteiger partial charge in [-0.25, -0.2) is 0 Å². The number of aromatic nitrogens is 2. The quantitative estimate of drug-likeness (QED) is 0.772. The molecule has 0 saturated carbocycles. The smallest absolute Gasteiger partial charge is 0.231 e. The van der Waals surface area contributed by atoms with Crippen molar-refractivity contribution in [3.8, 4) is 11.8 Å². The number of methoxy groups -OCH3 is 2. The van der Waals surface area contributed by atoms with Crippen LogP contribution in [0.4, 0.5) is 5.95 Å². The Hall–Kier alpha value is -2.09. The van der Waals surface area contributed by atoms with E-state index in [1.165, 1.54) is 6.42 Å². The van der Waals surface area contributed by atoms with Crippen molar-refractivity contribution in [2.45, 2.75) is 38.6 Å². The number of amides is 1. The van der Waals surface area contributed by atoms with Gasteiger partial charge in [-0.3, -0.25) is 4.79 Å². The minimum absolute atomic E-state index is 0.0919. The number of hydrogen-bond acceptors (Lipinski definition) is 7. The van der Waals surface area contributed by atoms with Crippen molar-refractivity contribution in [1.29, 1.82) is 0 Å². The first-order valence-corrected chi connectivity index (χ1v) is 10.7. The number of likely N-dealkylation sites (tertiary alicyclic amines) is 1. The van der Waals surface area contributed by atoms with Gasteiger partial charge in [0.05, 0.1) is 26.2 Å². The highest BCUT2D eigenvalue weighted by Gasteiger charge is 2.57. The van der Waals surface area contributed by atoms with Gasteiger partial charge in [-0.2, -0.15) is 9.97 Å². The van der Waals surface area contributed by atoms with E-state index < -0.39 is 0 Å². The fraction of sp³-hybridized carbons (Fsp3) is 0.762. The molecule has 3 fully saturated rings. The van der Waals surface area contributed by atoms with E-state index in [4.69, 9.17) is 9.47 Å². The lowest BCUT2D eigenvalue weighted by atomic mass is 9.75. The molecule has 1 N–H and O–H groups in total. The van der Waals surface area contributed by atoms with Crippen LogP contribution in [0.25, 0.3) is 0 Å². The molecule has 0 unspecified atom stereocenters. The predicted octanol–water partition coefficient (Wildman–Crippen LogP) is 1.56. The molecule has 0 radical (unpaired) electrons. The topological polar surface area (TPSA) is 79.8 Å². The van der Waals surface area contributed by atoms with Gasteiger partial charge in [0.2, 0.25) is 23.6 Å². The third-order valence-electron chi connectivity index (χ3n) is 7.11. The predicted molar refractivity (Wildman–Crippen MR) is 110 cm³/mol. The van der Waals surface area contributed by atoms with E-state index in [0.717, 1.165) is 45.6 Å². The molecule has 4 heterocycles. The van der Waals surface area contributed by atoms with Crippen molar-refractivity contribution in [3.05, 3.63) is 6.07 Å². The van der Waals surface area contributed by atoms with Crippen LogP contribution in [0.15, 0.2) is 6.07 Å².